The predicted octanol–water partition coefficient (Wildman–Crippen LogP) is 2.99. The molecule has 0 radical (unpaired) electrons. The van der Waals surface area contributed by atoms with Gasteiger partial charge in [0.1, 0.15) is 38.1 Å². The summed E-state index contributed by atoms with van der Waals surface area (Å²) in [5.41, 5.74) is 0.635. The monoisotopic (exact) mass is 270 g/mol. The minimum Gasteiger partial charge on any atom is -0.491 e. The molecule has 0 saturated carbocycles. The first-order valence-corrected chi connectivity index (χ1v) is 5.87. The van der Waals surface area contributed by atoms with Crippen LogP contribution in [0.4, 0.5) is 8.78 Å². The second-order valence-corrected chi connectivity index (χ2v) is 3.72. The van der Waals surface area contributed by atoms with Gasteiger partial charge in [-0.05, 0) is 31.2 Å². The highest BCUT2D eigenvalue weighted by atomic mass is 19.1. The summed E-state index contributed by atoms with van der Waals surface area (Å²) in [7, 11) is 0. The number of alkyl halides is 2. The van der Waals surface area contributed by atoms with Crippen molar-refractivity contribution in [3.63, 3.8) is 0 Å². The predicted molar refractivity (Wildman–Crippen MR) is 69.1 cm³/mol. The molecule has 0 aliphatic heterocycles. The number of benzene rings is 1. The fourth-order valence-corrected chi connectivity index (χ4v) is 1.38. The average Bonchev–Trinajstić information content (AvgIpc) is 2.41. The highest BCUT2D eigenvalue weighted by Gasteiger charge is 2.04. The number of allylic oxidation sites excluding steroid dienone is 1. The fourth-order valence-electron chi connectivity index (χ4n) is 1.38. The number of ketones is 1. The molecule has 5 heteroatoms. The van der Waals surface area contributed by atoms with E-state index in [9.17, 15) is 13.6 Å². The molecule has 3 nitrogen and oxygen atoms in total. The van der Waals surface area contributed by atoms with Crippen molar-refractivity contribution >= 4 is 11.9 Å². The third-order valence-corrected chi connectivity index (χ3v) is 2.16. The summed E-state index contributed by atoms with van der Waals surface area (Å²) in [6.45, 7) is 0.0774. The first kappa shape index (κ1) is 15.1. The van der Waals surface area contributed by atoms with Crippen LogP contribution in [-0.2, 0) is 4.79 Å². The summed E-state index contributed by atoms with van der Waals surface area (Å²) in [6, 6.07) is 4.85. The van der Waals surface area contributed by atoms with Crippen molar-refractivity contribution in [1.29, 1.82) is 0 Å². The van der Waals surface area contributed by atoms with E-state index >= 15 is 0 Å². The number of carbonyl (C=O) groups excluding carboxylic acids is 1. The molecule has 0 saturated heterocycles. The summed E-state index contributed by atoms with van der Waals surface area (Å²) in [4.78, 5) is 10.9. The van der Waals surface area contributed by atoms with Gasteiger partial charge in [-0.1, -0.05) is 0 Å². The van der Waals surface area contributed by atoms with Gasteiger partial charge in [0.2, 0.25) is 0 Å². The minimum absolute atomic E-state index is 0.0504. The third kappa shape index (κ3) is 5.50. The Morgan fingerprint density at radius 3 is 2.53 bits per heavy atom. The number of rotatable bonds is 8. The van der Waals surface area contributed by atoms with E-state index in [4.69, 9.17) is 9.47 Å². The quantitative estimate of drug-likeness (QED) is 0.681. The molecule has 19 heavy (non-hydrogen) atoms. The van der Waals surface area contributed by atoms with Crippen molar-refractivity contribution in [2.45, 2.75) is 6.92 Å². The smallest absolute Gasteiger partial charge is 0.152 e. The molecule has 0 fully saturated rings. The van der Waals surface area contributed by atoms with Crippen LogP contribution in [0.25, 0.3) is 6.08 Å². The van der Waals surface area contributed by atoms with Crippen molar-refractivity contribution in [1.82, 2.24) is 0 Å². The van der Waals surface area contributed by atoms with Crippen LogP contribution in [0.5, 0.6) is 11.5 Å². The normalized spacial score (nSPS) is 10.7. The van der Waals surface area contributed by atoms with Gasteiger partial charge in [-0.2, -0.15) is 0 Å². The van der Waals surface area contributed by atoms with Crippen molar-refractivity contribution in [3.8, 4) is 11.5 Å². The molecule has 0 spiro atoms. The molecule has 0 aliphatic carbocycles. The molecule has 0 bridgehead atoms. The summed E-state index contributed by atoms with van der Waals surface area (Å²) < 4.78 is 34.5. The Morgan fingerprint density at radius 1 is 1.21 bits per heavy atom. The Kier molecular flexibility index (Phi) is 6.57. The van der Waals surface area contributed by atoms with Crippen LogP contribution in [0.15, 0.2) is 24.3 Å². The van der Waals surface area contributed by atoms with Crippen molar-refractivity contribution < 1.29 is 23.0 Å². The Hall–Kier alpha value is -1.91. The Labute approximate surface area is 110 Å². The maximum atomic E-state index is 12.1. The Bertz CT molecular complexity index is 444. The minimum atomic E-state index is -0.620. The van der Waals surface area contributed by atoms with Gasteiger partial charge in [0, 0.05) is 11.6 Å². The number of halogens is 2. The van der Waals surface area contributed by atoms with Crippen LogP contribution in [0.2, 0.25) is 0 Å². The lowest BCUT2D eigenvalue weighted by Crippen LogP contribution is -2.02. The Morgan fingerprint density at radius 2 is 1.89 bits per heavy atom. The van der Waals surface area contributed by atoms with E-state index in [0.717, 1.165) is 0 Å². The van der Waals surface area contributed by atoms with Gasteiger partial charge < -0.3 is 9.47 Å². The zero-order chi connectivity index (χ0) is 14.1. The van der Waals surface area contributed by atoms with Crippen LogP contribution in [0.1, 0.15) is 12.5 Å². The van der Waals surface area contributed by atoms with E-state index in [2.05, 4.69) is 0 Å². The zero-order valence-electron chi connectivity index (χ0n) is 10.7. The van der Waals surface area contributed by atoms with Crippen LogP contribution >= 0.6 is 0 Å². The molecule has 0 amide bonds. The number of hydrogen-bond acceptors (Lipinski definition) is 3. The maximum absolute atomic E-state index is 12.1. The van der Waals surface area contributed by atoms with Gasteiger partial charge in [0.25, 0.3) is 0 Å². The highest BCUT2D eigenvalue weighted by Crippen LogP contribution is 2.26. The van der Waals surface area contributed by atoms with E-state index in [0.29, 0.717) is 17.1 Å². The lowest BCUT2D eigenvalue weighted by molar-refractivity contribution is -0.112. The molecule has 0 N–H and O–H groups in total. The van der Waals surface area contributed by atoms with Gasteiger partial charge in [-0.15, -0.1) is 0 Å². The summed E-state index contributed by atoms with van der Waals surface area (Å²) >= 11 is 0. The molecule has 0 heterocycles. The van der Waals surface area contributed by atoms with E-state index in [1.807, 2.05) is 0 Å². The summed E-state index contributed by atoms with van der Waals surface area (Å²) in [5, 5.41) is 0. The second kappa shape index (κ2) is 8.24. The standard InChI is InChI=1S/C14H16F2O3/c1-11(17)2-3-12-4-5-13(18-8-6-15)10-14(12)19-9-7-16/h2-5,10H,6-9H2,1H3/b3-2+. The van der Waals surface area contributed by atoms with Gasteiger partial charge in [0.05, 0.1) is 0 Å². The molecule has 0 aromatic heterocycles. The van der Waals surface area contributed by atoms with Crippen LogP contribution < -0.4 is 9.47 Å². The first-order chi connectivity index (χ1) is 9.17. The second-order valence-electron chi connectivity index (χ2n) is 3.72. The van der Waals surface area contributed by atoms with Crippen LogP contribution in [0.3, 0.4) is 0 Å². The molecule has 1 rings (SSSR count). The van der Waals surface area contributed by atoms with Gasteiger partial charge in [-0.3, -0.25) is 4.79 Å². The van der Waals surface area contributed by atoms with E-state index in [1.54, 1.807) is 24.3 Å². The average molecular weight is 270 g/mol. The number of hydrogen-bond donors (Lipinski definition) is 0. The van der Waals surface area contributed by atoms with E-state index in [1.165, 1.54) is 13.0 Å². The molecule has 0 aliphatic rings. The van der Waals surface area contributed by atoms with Crippen LogP contribution in [0, 0.1) is 0 Å². The topological polar surface area (TPSA) is 35.5 Å². The molecule has 104 valence electrons. The van der Waals surface area contributed by atoms with E-state index < -0.39 is 13.3 Å². The number of ether oxygens (including phenoxy) is 2. The van der Waals surface area contributed by atoms with Crippen molar-refractivity contribution in [3.05, 3.63) is 29.8 Å². The molecular weight excluding hydrogens is 254 g/mol. The highest BCUT2D eigenvalue weighted by molar-refractivity contribution is 5.91. The van der Waals surface area contributed by atoms with Crippen molar-refractivity contribution in [2.75, 3.05) is 26.6 Å². The summed E-state index contributed by atoms with van der Waals surface area (Å²) in [5.74, 6) is 0.729. The fraction of sp³-hybridized carbons (Fsp3) is 0.357. The Balaban J connectivity index is 2.91. The SMILES string of the molecule is CC(=O)/C=C/c1ccc(OCCF)cc1OCCF. The molecule has 0 unspecified atom stereocenters. The maximum Gasteiger partial charge on any atom is 0.152 e. The number of carbonyl (C=O) groups is 1. The van der Waals surface area contributed by atoms with E-state index in [-0.39, 0.29) is 19.0 Å². The van der Waals surface area contributed by atoms with Gasteiger partial charge in [-0.25, -0.2) is 8.78 Å². The lowest BCUT2D eigenvalue weighted by Gasteiger charge is -2.10. The van der Waals surface area contributed by atoms with Crippen LogP contribution in [-0.4, -0.2) is 32.3 Å². The zero-order valence-corrected chi connectivity index (χ0v) is 10.7. The van der Waals surface area contributed by atoms with Gasteiger partial charge >= 0.3 is 0 Å². The molecule has 1 aromatic rings. The molecular formula is C14H16F2O3. The third-order valence-electron chi connectivity index (χ3n) is 2.16. The van der Waals surface area contributed by atoms with Gasteiger partial charge in [0.15, 0.2) is 5.78 Å². The molecule has 1 aromatic carbocycles. The lowest BCUT2D eigenvalue weighted by atomic mass is 10.1. The largest absolute Gasteiger partial charge is 0.491 e. The van der Waals surface area contributed by atoms with Crippen molar-refractivity contribution in [2.24, 2.45) is 0 Å². The first-order valence-electron chi connectivity index (χ1n) is 5.87. The molecule has 0 atom stereocenters. The summed E-state index contributed by atoms with van der Waals surface area (Å²) in [6.07, 6.45) is 2.97.